The fourth-order valence-corrected chi connectivity index (χ4v) is 4.94. The molecule has 3 heterocycles. The van der Waals surface area contributed by atoms with Crippen molar-refractivity contribution in [3.63, 3.8) is 0 Å². The van der Waals surface area contributed by atoms with Gasteiger partial charge in [0, 0.05) is 43.0 Å². The third-order valence-electron chi connectivity index (χ3n) is 6.70. The maximum atomic E-state index is 6.07. The number of hydrogen-bond donors (Lipinski definition) is 0. The maximum absolute atomic E-state index is 6.07. The second-order valence-electron chi connectivity index (χ2n) is 8.71. The Morgan fingerprint density at radius 1 is 0.667 bits per heavy atom. The van der Waals surface area contributed by atoms with Gasteiger partial charge in [0.05, 0.1) is 11.0 Å². The monoisotopic (exact) mass is 407 g/mol. The van der Waals surface area contributed by atoms with E-state index in [2.05, 4.69) is 57.8 Å². The van der Waals surface area contributed by atoms with Crippen LogP contribution in [0.4, 0.5) is 0 Å². The van der Waals surface area contributed by atoms with Gasteiger partial charge in [-0.1, -0.05) is 0 Å². The van der Waals surface area contributed by atoms with Crippen LogP contribution in [0.25, 0.3) is 21.8 Å². The first-order chi connectivity index (χ1) is 14.8. The van der Waals surface area contributed by atoms with Gasteiger partial charge in [-0.2, -0.15) is 0 Å². The van der Waals surface area contributed by atoms with E-state index >= 15 is 0 Å². The molecule has 0 unspecified atom stereocenters. The van der Waals surface area contributed by atoms with Gasteiger partial charge in [-0.25, -0.2) is 0 Å². The van der Waals surface area contributed by atoms with Crippen LogP contribution in [0, 0.1) is 0 Å². The third-order valence-corrected chi connectivity index (χ3v) is 6.70. The Bertz CT molecular complexity index is 921. The highest BCUT2D eigenvalue weighted by atomic mass is 16.5. The molecule has 5 nitrogen and oxygen atoms in total. The van der Waals surface area contributed by atoms with Crippen molar-refractivity contribution in [2.24, 2.45) is 7.05 Å². The number of ether oxygens (including phenoxy) is 2. The molecule has 2 aliphatic rings. The molecule has 2 saturated heterocycles. The molecule has 5 rings (SSSR count). The summed E-state index contributed by atoms with van der Waals surface area (Å²) in [5.41, 5.74) is 2.41. The van der Waals surface area contributed by atoms with Crippen molar-refractivity contribution in [2.45, 2.75) is 25.7 Å². The number of aryl methyl sites for hydroxylation is 1. The van der Waals surface area contributed by atoms with Crippen molar-refractivity contribution >= 4 is 21.8 Å². The summed E-state index contributed by atoms with van der Waals surface area (Å²) in [7, 11) is 2.13. The molecule has 30 heavy (non-hydrogen) atoms. The van der Waals surface area contributed by atoms with Crippen molar-refractivity contribution in [1.29, 1.82) is 0 Å². The minimum absolute atomic E-state index is 0.754. The summed E-state index contributed by atoms with van der Waals surface area (Å²) in [6, 6.07) is 12.9. The summed E-state index contributed by atoms with van der Waals surface area (Å²) < 4.78 is 14.4. The molecule has 0 bridgehead atoms. The first-order valence-corrected chi connectivity index (χ1v) is 11.5. The zero-order valence-electron chi connectivity index (χ0n) is 18.1. The maximum Gasteiger partial charge on any atom is 0.121 e. The van der Waals surface area contributed by atoms with Crippen LogP contribution < -0.4 is 9.47 Å². The molecule has 0 radical (unpaired) electrons. The van der Waals surface area contributed by atoms with Gasteiger partial charge in [-0.3, -0.25) is 9.80 Å². The molecule has 160 valence electrons. The Labute approximate surface area is 179 Å². The minimum Gasteiger partial charge on any atom is -0.492 e. The Kier molecular flexibility index (Phi) is 5.82. The standard InChI is InChI=1S/C25H33N3O2/c1-26-24-18-20(29-16-14-27-10-2-3-11-27)6-8-22(24)23-9-7-21(19-25(23)26)30-17-15-28-12-4-5-13-28/h6-9,18-19H,2-5,10-17H2,1H3. The molecule has 0 saturated carbocycles. The lowest BCUT2D eigenvalue weighted by Crippen LogP contribution is -2.25. The number of benzene rings is 2. The van der Waals surface area contributed by atoms with Crippen molar-refractivity contribution in [3.05, 3.63) is 36.4 Å². The van der Waals surface area contributed by atoms with Gasteiger partial charge in [-0.05, 0) is 76.1 Å². The van der Waals surface area contributed by atoms with Crippen LogP contribution in [-0.4, -0.2) is 66.8 Å². The molecule has 0 spiro atoms. The third kappa shape index (κ3) is 4.14. The zero-order valence-corrected chi connectivity index (χ0v) is 18.1. The van der Waals surface area contributed by atoms with Crippen LogP contribution in [0.3, 0.4) is 0 Å². The second kappa shape index (κ2) is 8.86. The SMILES string of the molecule is Cn1c2cc(OCCN3CCCC3)ccc2c2ccc(OCCN3CCCC3)cc21. The van der Waals surface area contributed by atoms with Crippen LogP contribution in [0.1, 0.15) is 25.7 Å². The lowest BCUT2D eigenvalue weighted by molar-refractivity contribution is 0.238. The average Bonchev–Trinajstić information content (AvgIpc) is 3.51. The summed E-state index contributed by atoms with van der Waals surface area (Å²) in [4.78, 5) is 4.97. The van der Waals surface area contributed by atoms with E-state index in [-0.39, 0.29) is 0 Å². The highest BCUT2D eigenvalue weighted by Crippen LogP contribution is 2.33. The molecule has 5 heteroatoms. The van der Waals surface area contributed by atoms with Crippen LogP contribution >= 0.6 is 0 Å². The molecular weight excluding hydrogens is 374 g/mol. The van der Waals surface area contributed by atoms with E-state index in [0.29, 0.717) is 0 Å². The summed E-state index contributed by atoms with van der Waals surface area (Å²) in [6.07, 6.45) is 5.30. The number of rotatable bonds is 8. The normalized spacial score (nSPS) is 18.0. The van der Waals surface area contributed by atoms with Gasteiger partial charge >= 0.3 is 0 Å². The predicted molar refractivity (Wildman–Crippen MR) is 123 cm³/mol. The van der Waals surface area contributed by atoms with E-state index < -0.39 is 0 Å². The summed E-state index contributed by atoms with van der Waals surface area (Å²) in [5, 5.41) is 2.53. The Balaban J connectivity index is 1.28. The molecule has 0 N–H and O–H groups in total. The number of likely N-dealkylation sites (tertiary alicyclic amines) is 2. The van der Waals surface area contributed by atoms with Gasteiger partial charge in [0.15, 0.2) is 0 Å². The molecule has 2 fully saturated rings. The Morgan fingerprint density at radius 3 is 1.53 bits per heavy atom. The van der Waals surface area contributed by atoms with Crippen molar-refractivity contribution < 1.29 is 9.47 Å². The van der Waals surface area contributed by atoms with E-state index in [9.17, 15) is 0 Å². The van der Waals surface area contributed by atoms with E-state index in [1.165, 1.54) is 73.7 Å². The number of aromatic nitrogens is 1. The van der Waals surface area contributed by atoms with Crippen molar-refractivity contribution in [2.75, 3.05) is 52.5 Å². The molecule has 0 aliphatic carbocycles. The van der Waals surface area contributed by atoms with E-state index in [4.69, 9.17) is 9.47 Å². The summed E-state index contributed by atoms with van der Waals surface area (Å²) in [5.74, 6) is 1.91. The number of nitrogens with zero attached hydrogens (tertiary/aromatic N) is 3. The first kappa shape index (κ1) is 19.7. The Morgan fingerprint density at radius 2 is 1.10 bits per heavy atom. The van der Waals surface area contributed by atoms with Gasteiger partial charge < -0.3 is 14.0 Å². The van der Waals surface area contributed by atoms with Gasteiger partial charge in [0.25, 0.3) is 0 Å². The quantitative estimate of drug-likeness (QED) is 0.557. The molecule has 3 aromatic rings. The van der Waals surface area contributed by atoms with E-state index in [0.717, 1.165) is 37.8 Å². The fourth-order valence-electron chi connectivity index (χ4n) is 4.94. The summed E-state index contributed by atoms with van der Waals surface area (Å²) in [6.45, 7) is 8.41. The van der Waals surface area contributed by atoms with Gasteiger partial charge in [-0.15, -0.1) is 0 Å². The largest absolute Gasteiger partial charge is 0.492 e. The molecule has 1 aromatic heterocycles. The molecule has 2 aliphatic heterocycles. The van der Waals surface area contributed by atoms with E-state index in [1.807, 2.05) is 0 Å². The van der Waals surface area contributed by atoms with Crippen LogP contribution in [0.15, 0.2) is 36.4 Å². The van der Waals surface area contributed by atoms with Crippen molar-refractivity contribution in [3.8, 4) is 11.5 Å². The Hall–Kier alpha value is -2.24. The second-order valence-corrected chi connectivity index (χ2v) is 8.71. The minimum atomic E-state index is 0.754. The molecular formula is C25H33N3O2. The smallest absolute Gasteiger partial charge is 0.121 e. The van der Waals surface area contributed by atoms with Crippen molar-refractivity contribution in [1.82, 2.24) is 14.4 Å². The number of hydrogen-bond acceptors (Lipinski definition) is 4. The lowest BCUT2D eigenvalue weighted by atomic mass is 10.1. The first-order valence-electron chi connectivity index (χ1n) is 11.5. The van der Waals surface area contributed by atoms with Crippen LogP contribution in [-0.2, 0) is 7.05 Å². The molecule has 2 aromatic carbocycles. The number of fused-ring (bicyclic) bond motifs is 3. The van der Waals surface area contributed by atoms with Gasteiger partial charge in [0.2, 0.25) is 0 Å². The fraction of sp³-hybridized carbons (Fsp3) is 0.520. The van der Waals surface area contributed by atoms with Crippen LogP contribution in [0.5, 0.6) is 11.5 Å². The van der Waals surface area contributed by atoms with Gasteiger partial charge in [0.1, 0.15) is 24.7 Å². The molecule has 0 amide bonds. The summed E-state index contributed by atoms with van der Waals surface area (Å²) >= 11 is 0. The molecule has 0 atom stereocenters. The average molecular weight is 408 g/mol. The van der Waals surface area contributed by atoms with Crippen LogP contribution in [0.2, 0.25) is 0 Å². The highest BCUT2D eigenvalue weighted by Gasteiger charge is 2.14. The lowest BCUT2D eigenvalue weighted by Gasteiger charge is -2.15. The zero-order chi connectivity index (χ0) is 20.3. The topological polar surface area (TPSA) is 29.9 Å². The predicted octanol–water partition coefficient (Wildman–Crippen LogP) is 4.28. The highest BCUT2D eigenvalue weighted by molar-refractivity contribution is 6.08. The van der Waals surface area contributed by atoms with E-state index in [1.54, 1.807) is 0 Å².